The van der Waals surface area contributed by atoms with Gasteiger partial charge in [-0.15, -0.1) is 0 Å². The Hall–Kier alpha value is -2.83. The fraction of sp³-hybridized carbons (Fsp3) is 0.368. The third-order valence-corrected chi connectivity index (χ3v) is 6.59. The second kappa shape index (κ2) is 8.73. The number of rotatable bonds is 5. The highest BCUT2D eigenvalue weighted by atomic mass is 32.2. The van der Waals surface area contributed by atoms with Crippen molar-refractivity contribution < 1.29 is 27.6 Å². The molecule has 0 unspecified atom stereocenters. The Balaban J connectivity index is 1.54. The number of amides is 1. The normalized spacial score (nSPS) is 16.6. The van der Waals surface area contributed by atoms with Gasteiger partial charge in [0.15, 0.2) is 5.03 Å². The van der Waals surface area contributed by atoms with E-state index in [9.17, 15) is 18.2 Å². The van der Waals surface area contributed by atoms with Crippen LogP contribution >= 0.6 is 0 Å². The van der Waals surface area contributed by atoms with E-state index in [1.807, 2.05) is 0 Å². The average Bonchev–Trinajstić information content (AvgIpc) is 3.08. The van der Waals surface area contributed by atoms with Crippen molar-refractivity contribution >= 4 is 45.8 Å². The number of fused-ring (bicyclic) bond motifs is 1. The predicted octanol–water partition coefficient (Wildman–Crippen LogP) is 1.56. The van der Waals surface area contributed by atoms with Crippen molar-refractivity contribution in [2.75, 3.05) is 15.8 Å². The van der Waals surface area contributed by atoms with Crippen LogP contribution in [-0.2, 0) is 26.0 Å². The number of anilines is 3. The molecule has 1 aromatic heterocycles. The highest BCUT2D eigenvalue weighted by molar-refractivity contribution is 7.92. The molecule has 2 aromatic rings. The predicted molar refractivity (Wildman–Crippen MR) is 115 cm³/mol. The molecule has 1 aliphatic carbocycles. The van der Waals surface area contributed by atoms with E-state index in [1.165, 1.54) is 18.3 Å². The minimum absolute atomic E-state index is 0.0853. The van der Waals surface area contributed by atoms with Crippen LogP contribution in [0.2, 0.25) is 0 Å². The summed E-state index contributed by atoms with van der Waals surface area (Å²) in [6.07, 6.45) is 4.89. The number of benzene rings is 1. The number of carbonyl (C=O) groups is 1. The molecule has 31 heavy (non-hydrogen) atoms. The third-order valence-electron chi connectivity index (χ3n) is 5.25. The fourth-order valence-electron chi connectivity index (χ4n) is 3.73. The summed E-state index contributed by atoms with van der Waals surface area (Å²) in [6, 6.07) is 6.02. The van der Waals surface area contributed by atoms with Crippen molar-refractivity contribution in [1.82, 2.24) is 4.98 Å². The van der Waals surface area contributed by atoms with Crippen LogP contribution < -0.4 is 21.2 Å². The number of aromatic nitrogens is 1. The van der Waals surface area contributed by atoms with Gasteiger partial charge in [-0.1, -0.05) is 12.5 Å². The molecular formula is C19H23BN4O6S. The summed E-state index contributed by atoms with van der Waals surface area (Å²) in [4.78, 5) is 16.2. The molecule has 1 fully saturated rings. The molecule has 1 aromatic carbocycles. The molecule has 1 aliphatic heterocycles. The molecule has 0 radical (unpaired) electrons. The van der Waals surface area contributed by atoms with Crippen molar-refractivity contribution in [3.8, 4) is 0 Å². The molecule has 0 saturated heterocycles. The number of sulfonamides is 1. The van der Waals surface area contributed by atoms with Crippen LogP contribution in [0, 0.1) is 0 Å². The van der Waals surface area contributed by atoms with E-state index in [4.69, 9.17) is 15.1 Å². The average molecular weight is 446 g/mol. The van der Waals surface area contributed by atoms with E-state index in [0.29, 0.717) is 5.46 Å². The maximum atomic E-state index is 13.0. The molecule has 4 rings (SSSR count). The second-order valence-corrected chi connectivity index (χ2v) is 9.19. The number of pyridine rings is 1. The molecule has 12 heteroatoms. The summed E-state index contributed by atoms with van der Waals surface area (Å²) in [5.41, 5.74) is 7.33. The maximum absolute atomic E-state index is 13.0. The Morgan fingerprint density at radius 3 is 2.81 bits per heavy atom. The van der Waals surface area contributed by atoms with E-state index >= 15 is 0 Å². The lowest BCUT2D eigenvalue weighted by atomic mass is 9.79. The van der Waals surface area contributed by atoms with Crippen LogP contribution in [0.15, 0.2) is 35.5 Å². The quantitative estimate of drug-likeness (QED) is 0.505. The molecule has 1 saturated carbocycles. The number of ether oxygens (including phenoxy) is 1. The van der Waals surface area contributed by atoms with Gasteiger partial charge < -0.3 is 20.1 Å². The summed E-state index contributed by atoms with van der Waals surface area (Å²) in [5, 5.41) is 11.9. The van der Waals surface area contributed by atoms with Gasteiger partial charge in [0.1, 0.15) is 6.10 Å². The first-order chi connectivity index (χ1) is 14.8. The second-order valence-electron chi connectivity index (χ2n) is 7.59. The van der Waals surface area contributed by atoms with E-state index < -0.39 is 28.3 Å². The lowest BCUT2D eigenvalue weighted by molar-refractivity contribution is 0.0864. The van der Waals surface area contributed by atoms with Crippen molar-refractivity contribution in [2.45, 2.75) is 49.8 Å². The highest BCUT2D eigenvalue weighted by Gasteiger charge is 2.29. The molecule has 2 aliphatic rings. The summed E-state index contributed by atoms with van der Waals surface area (Å²) in [6.45, 7) is 0.250. The van der Waals surface area contributed by atoms with E-state index in [2.05, 4.69) is 15.0 Å². The third kappa shape index (κ3) is 4.92. The number of nitrogen functional groups attached to an aromatic ring is 1. The topological polar surface area (TPSA) is 153 Å². The van der Waals surface area contributed by atoms with Gasteiger partial charge in [0.2, 0.25) is 0 Å². The van der Waals surface area contributed by atoms with Crippen LogP contribution in [0.25, 0.3) is 0 Å². The van der Waals surface area contributed by atoms with E-state index in [-0.39, 0.29) is 29.8 Å². The number of nitrogens with one attached hydrogen (secondary N) is 2. The number of nitrogens with zero attached hydrogens (tertiary/aromatic N) is 1. The van der Waals surface area contributed by atoms with Crippen LogP contribution in [0.4, 0.5) is 21.9 Å². The van der Waals surface area contributed by atoms with Gasteiger partial charge in [-0.05, 0) is 54.9 Å². The van der Waals surface area contributed by atoms with Crippen molar-refractivity contribution in [3.05, 3.63) is 36.0 Å². The largest absolute Gasteiger partial charge is 0.491 e. The molecule has 0 bridgehead atoms. The first-order valence-electron chi connectivity index (χ1n) is 10.0. The zero-order chi connectivity index (χ0) is 22.0. The summed E-state index contributed by atoms with van der Waals surface area (Å²) >= 11 is 0. The Morgan fingerprint density at radius 2 is 2.03 bits per heavy atom. The van der Waals surface area contributed by atoms with Crippen LogP contribution in [0.1, 0.15) is 37.7 Å². The Labute approximate surface area is 180 Å². The maximum Gasteiger partial charge on any atom is 0.491 e. The minimum Gasteiger partial charge on any atom is -0.446 e. The van der Waals surface area contributed by atoms with Gasteiger partial charge in [0.05, 0.1) is 24.2 Å². The molecular weight excluding hydrogens is 423 g/mol. The Morgan fingerprint density at radius 1 is 1.26 bits per heavy atom. The zero-order valence-electron chi connectivity index (χ0n) is 16.7. The van der Waals surface area contributed by atoms with Gasteiger partial charge in [-0.25, -0.2) is 9.78 Å². The van der Waals surface area contributed by atoms with E-state index in [0.717, 1.165) is 37.7 Å². The van der Waals surface area contributed by atoms with Crippen molar-refractivity contribution in [2.24, 2.45) is 0 Å². The van der Waals surface area contributed by atoms with Gasteiger partial charge in [0, 0.05) is 5.69 Å². The lowest BCUT2D eigenvalue weighted by Crippen LogP contribution is -2.29. The van der Waals surface area contributed by atoms with Crippen molar-refractivity contribution in [1.29, 1.82) is 0 Å². The molecule has 1 amide bonds. The van der Waals surface area contributed by atoms with Gasteiger partial charge in [0.25, 0.3) is 10.0 Å². The first-order valence-corrected chi connectivity index (χ1v) is 11.5. The standard InChI is InChI=1S/C19H23BN4O6S/c21-13-8-17(23-19(25)30-15-4-2-1-3-5-15)18(22-10-13)31(27,28)24-14-7-6-12-11-29-20(26)16(12)9-14/h6-10,15,24,26H,1-5,11,21H2,(H,23,25). The molecule has 10 nitrogen and oxygen atoms in total. The van der Waals surface area contributed by atoms with Crippen LogP contribution in [-0.4, -0.2) is 37.7 Å². The molecule has 2 heterocycles. The Kier molecular flexibility index (Phi) is 6.03. The summed E-state index contributed by atoms with van der Waals surface area (Å²) < 4.78 is 38.9. The monoisotopic (exact) mass is 446 g/mol. The number of hydrogen-bond donors (Lipinski definition) is 4. The molecule has 0 spiro atoms. The summed E-state index contributed by atoms with van der Waals surface area (Å²) in [5.74, 6) is 0. The minimum atomic E-state index is -4.18. The number of hydrogen-bond acceptors (Lipinski definition) is 8. The van der Waals surface area contributed by atoms with Gasteiger partial charge >= 0.3 is 13.2 Å². The number of carbonyl (C=O) groups excluding carboxylic acids is 1. The Bertz CT molecular complexity index is 1090. The fourth-order valence-corrected chi connectivity index (χ4v) is 4.85. The van der Waals surface area contributed by atoms with Gasteiger partial charge in [-0.3, -0.25) is 10.0 Å². The molecule has 164 valence electrons. The zero-order valence-corrected chi connectivity index (χ0v) is 17.5. The van der Waals surface area contributed by atoms with Crippen LogP contribution in [0.3, 0.4) is 0 Å². The van der Waals surface area contributed by atoms with Crippen LogP contribution in [0.5, 0.6) is 0 Å². The first kappa shape index (κ1) is 21.4. The smallest absolute Gasteiger partial charge is 0.446 e. The molecule has 5 N–H and O–H groups in total. The lowest BCUT2D eigenvalue weighted by Gasteiger charge is -2.22. The van der Waals surface area contributed by atoms with E-state index in [1.54, 1.807) is 12.1 Å². The summed E-state index contributed by atoms with van der Waals surface area (Å²) in [7, 11) is -5.29. The number of nitrogens with two attached hydrogens (primary N) is 1. The highest BCUT2D eigenvalue weighted by Crippen LogP contribution is 2.26. The molecule has 0 atom stereocenters. The van der Waals surface area contributed by atoms with Gasteiger partial charge in [-0.2, -0.15) is 8.42 Å². The van der Waals surface area contributed by atoms with Crippen molar-refractivity contribution in [3.63, 3.8) is 0 Å². The SMILES string of the molecule is Nc1cnc(S(=O)(=O)Nc2ccc3c(c2)B(O)OC3)c(NC(=O)OC2CCCCC2)c1.